The molecule has 0 radical (unpaired) electrons. The molecule has 1 heterocycles. The van der Waals surface area contributed by atoms with Gasteiger partial charge in [0.2, 0.25) is 0 Å². The van der Waals surface area contributed by atoms with Crippen molar-refractivity contribution in [1.82, 2.24) is 10.3 Å². The Kier molecular flexibility index (Phi) is 8.33. The van der Waals surface area contributed by atoms with Crippen LogP contribution >= 0.6 is 0 Å². The summed E-state index contributed by atoms with van der Waals surface area (Å²) < 4.78 is 10.3. The van der Waals surface area contributed by atoms with Crippen molar-refractivity contribution >= 4 is 0 Å². The summed E-state index contributed by atoms with van der Waals surface area (Å²) >= 11 is 0. The summed E-state index contributed by atoms with van der Waals surface area (Å²) in [5.74, 6) is 0. The predicted octanol–water partition coefficient (Wildman–Crippen LogP) is 0.238. The second kappa shape index (κ2) is 9.96. The van der Waals surface area contributed by atoms with E-state index < -0.39 is 6.10 Å². The number of ether oxygens (including phenoxy) is 2. The van der Waals surface area contributed by atoms with Crippen LogP contribution in [0.3, 0.4) is 0 Å². The summed E-state index contributed by atoms with van der Waals surface area (Å²) in [6, 6.07) is 5.81. The Hall–Kier alpha value is -1.01. The van der Waals surface area contributed by atoms with Gasteiger partial charge < -0.3 is 19.9 Å². The van der Waals surface area contributed by atoms with Gasteiger partial charge in [-0.3, -0.25) is 4.98 Å². The van der Waals surface area contributed by atoms with Crippen LogP contribution in [-0.4, -0.2) is 56.2 Å². The van der Waals surface area contributed by atoms with Crippen LogP contribution in [0.15, 0.2) is 24.4 Å². The second-order valence-corrected chi connectivity index (χ2v) is 4.00. The van der Waals surface area contributed by atoms with Crippen LogP contribution in [0.4, 0.5) is 0 Å². The molecule has 0 aliphatic rings. The molecule has 0 saturated carbocycles. The normalized spacial score (nSPS) is 12.6. The number of nitrogens with zero attached hydrogens (tertiary/aromatic N) is 1. The molecule has 0 aliphatic heterocycles. The zero-order chi connectivity index (χ0) is 13.1. The molecule has 0 fully saturated rings. The Labute approximate surface area is 108 Å². The Bertz CT molecular complexity index is 296. The van der Waals surface area contributed by atoms with Crippen molar-refractivity contribution in [1.29, 1.82) is 0 Å². The van der Waals surface area contributed by atoms with Crippen molar-refractivity contribution in [3.8, 4) is 0 Å². The number of rotatable bonds is 10. The lowest BCUT2D eigenvalue weighted by Gasteiger charge is -2.12. The summed E-state index contributed by atoms with van der Waals surface area (Å²) in [4.78, 5) is 4.20. The molecule has 1 aromatic rings. The average molecular weight is 254 g/mol. The minimum atomic E-state index is -0.481. The largest absolute Gasteiger partial charge is 0.389 e. The van der Waals surface area contributed by atoms with Gasteiger partial charge in [0.05, 0.1) is 25.9 Å². The first-order valence-corrected chi connectivity index (χ1v) is 6.18. The van der Waals surface area contributed by atoms with Gasteiger partial charge in [-0.05, 0) is 12.1 Å². The van der Waals surface area contributed by atoms with E-state index in [-0.39, 0.29) is 0 Å². The highest BCUT2D eigenvalue weighted by molar-refractivity contribution is 5.03. The van der Waals surface area contributed by atoms with Gasteiger partial charge >= 0.3 is 0 Å². The fourth-order valence-electron chi connectivity index (χ4n) is 1.44. The molecular weight excluding hydrogens is 232 g/mol. The third-order valence-corrected chi connectivity index (χ3v) is 2.40. The smallest absolute Gasteiger partial charge is 0.0897 e. The maximum Gasteiger partial charge on any atom is 0.0897 e. The Morgan fingerprint density at radius 3 is 3.00 bits per heavy atom. The first kappa shape index (κ1) is 15.0. The van der Waals surface area contributed by atoms with Crippen LogP contribution in [0, 0.1) is 0 Å². The molecule has 0 bridgehead atoms. The van der Waals surface area contributed by atoms with E-state index in [9.17, 15) is 5.11 Å². The number of methoxy groups -OCH3 is 1. The summed E-state index contributed by atoms with van der Waals surface area (Å²) in [5, 5.41) is 12.7. The zero-order valence-corrected chi connectivity index (χ0v) is 10.8. The molecular formula is C13H22N2O3. The first-order valence-electron chi connectivity index (χ1n) is 6.18. The minimum absolute atomic E-state index is 0.340. The van der Waals surface area contributed by atoms with Crippen molar-refractivity contribution in [2.24, 2.45) is 0 Å². The van der Waals surface area contributed by atoms with Crippen molar-refractivity contribution in [3.63, 3.8) is 0 Å². The monoisotopic (exact) mass is 254 g/mol. The van der Waals surface area contributed by atoms with Gasteiger partial charge in [-0.25, -0.2) is 0 Å². The molecule has 0 amide bonds. The Morgan fingerprint density at radius 2 is 2.28 bits per heavy atom. The first-order chi connectivity index (χ1) is 8.83. The van der Waals surface area contributed by atoms with Crippen molar-refractivity contribution in [2.75, 3.05) is 40.0 Å². The topological polar surface area (TPSA) is 63.6 Å². The maximum absolute atomic E-state index is 9.60. The van der Waals surface area contributed by atoms with Gasteiger partial charge in [-0.1, -0.05) is 6.07 Å². The van der Waals surface area contributed by atoms with Crippen LogP contribution in [-0.2, 0) is 15.9 Å². The van der Waals surface area contributed by atoms with Crippen LogP contribution in [0.1, 0.15) is 5.69 Å². The molecule has 1 aromatic heterocycles. The fraction of sp³-hybridized carbons (Fsp3) is 0.615. The number of hydrogen-bond acceptors (Lipinski definition) is 5. The van der Waals surface area contributed by atoms with Gasteiger partial charge in [-0.2, -0.15) is 0 Å². The van der Waals surface area contributed by atoms with Crippen molar-refractivity contribution in [3.05, 3.63) is 30.1 Å². The summed E-state index contributed by atoms with van der Waals surface area (Å²) in [5.41, 5.74) is 1.00. The van der Waals surface area contributed by atoms with E-state index >= 15 is 0 Å². The lowest BCUT2D eigenvalue weighted by atomic mass is 10.3. The SMILES string of the molecule is COCCNCC(O)COCCc1ccccn1. The molecule has 0 saturated heterocycles. The molecule has 5 heteroatoms. The number of aliphatic hydroxyl groups excluding tert-OH is 1. The maximum atomic E-state index is 9.60. The molecule has 0 aromatic carbocycles. The van der Waals surface area contributed by atoms with Crippen LogP contribution in [0.5, 0.6) is 0 Å². The molecule has 0 spiro atoms. The molecule has 102 valence electrons. The lowest BCUT2D eigenvalue weighted by Crippen LogP contribution is -2.32. The van der Waals surface area contributed by atoms with E-state index in [4.69, 9.17) is 9.47 Å². The molecule has 18 heavy (non-hydrogen) atoms. The number of aromatic nitrogens is 1. The highest BCUT2D eigenvalue weighted by Crippen LogP contribution is 1.95. The van der Waals surface area contributed by atoms with E-state index in [1.807, 2.05) is 18.2 Å². The fourth-order valence-corrected chi connectivity index (χ4v) is 1.44. The minimum Gasteiger partial charge on any atom is -0.389 e. The molecule has 2 N–H and O–H groups in total. The standard InChI is InChI=1S/C13H22N2O3/c1-17-9-7-14-10-13(16)11-18-8-5-12-4-2-3-6-15-12/h2-4,6,13-14,16H,5,7-11H2,1H3. The van der Waals surface area contributed by atoms with Gasteiger partial charge in [0.25, 0.3) is 0 Å². The molecule has 5 nitrogen and oxygen atoms in total. The molecule has 1 atom stereocenters. The van der Waals surface area contributed by atoms with E-state index in [0.717, 1.165) is 18.7 Å². The van der Waals surface area contributed by atoms with Crippen LogP contribution in [0.25, 0.3) is 0 Å². The van der Waals surface area contributed by atoms with Gasteiger partial charge in [0.15, 0.2) is 0 Å². The second-order valence-electron chi connectivity index (χ2n) is 4.00. The van der Waals surface area contributed by atoms with Crippen LogP contribution in [0.2, 0.25) is 0 Å². The number of hydrogen-bond donors (Lipinski definition) is 2. The van der Waals surface area contributed by atoms with E-state index in [2.05, 4.69) is 10.3 Å². The third kappa shape index (κ3) is 7.34. The van der Waals surface area contributed by atoms with E-state index in [1.54, 1.807) is 13.3 Å². The Balaban J connectivity index is 1.97. The average Bonchev–Trinajstić information content (AvgIpc) is 2.41. The molecule has 0 aliphatic carbocycles. The van der Waals surface area contributed by atoms with Gasteiger partial charge in [-0.15, -0.1) is 0 Å². The quantitative estimate of drug-likeness (QED) is 0.586. The van der Waals surface area contributed by atoms with Gasteiger partial charge in [0, 0.05) is 38.5 Å². The molecule has 1 rings (SSSR count). The number of aliphatic hydroxyl groups is 1. The van der Waals surface area contributed by atoms with Gasteiger partial charge in [0.1, 0.15) is 0 Å². The van der Waals surface area contributed by atoms with Crippen LogP contribution < -0.4 is 5.32 Å². The summed E-state index contributed by atoms with van der Waals surface area (Å²) in [7, 11) is 1.65. The number of nitrogens with one attached hydrogen (secondary N) is 1. The van der Waals surface area contributed by atoms with Crippen molar-refractivity contribution in [2.45, 2.75) is 12.5 Å². The summed E-state index contributed by atoms with van der Waals surface area (Å²) in [6.07, 6.45) is 2.06. The Morgan fingerprint density at radius 1 is 1.39 bits per heavy atom. The summed E-state index contributed by atoms with van der Waals surface area (Å²) in [6.45, 7) is 2.82. The van der Waals surface area contributed by atoms with E-state index in [0.29, 0.717) is 26.4 Å². The highest BCUT2D eigenvalue weighted by atomic mass is 16.5. The zero-order valence-electron chi connectivity index (χ0n) is 10.8. The lowest BCUT2D eigenvalue weighted by molar-refractivity contribution is 0.0373. The molecule has 1 unspecified atom stereocenters. The van der Waals surface area contributed by atoms with E-state index in [1.165, 1.54) is 0 Å². The third-order valence-electron chi connectivity index (χ3n) is 2.40. The predicted molar refractivity (Wildman–Crippen MR) is 69.5 cm³/mol. The number of pyridine rings is 1. The highest BCUT2D eigenvalue weighted by Gasteiger charge is 2.03. The van der Waals surface area contributed by atoms with Crippen molar-refractivity contribution < 1.29 is 14.6 Å².